The van der Waals surface area contributed by atoms with Crippen molar-refractivity contribution in [3.8, 4) is 22.9 Å². The fourth-order valence-corrected chi connectivity index (χ4v) is 4.88. The molecule has 10 nitrogen and oxygen atoms in total. The first-order valence-electron chi connectivity index (χ1n) is 12.0. The van der Waals surface area contributed by atoms with E-state index >= 15 is 0 Å². The van der Waals surface area contributed by atoms with Gasteiger partial charge in [0, 0.05) is 36.3 Å². The number of aromatic nitrogens is 4. The number of hydrogen-bond donors (Lipinski definition) is 2. The predicted octanol–water partition coefficient (Wildman–Crippen LogP) is 3.49. The Hall–Kier alpha value is -4.65. The van der Waals surface area contributed by atoms with Gasteiger partial charge in [0.15, 0.2) is 11.5 Å². The number of ether oxygens (including phenoxy) is 1. The number of primary amides is 1. The molecular formula is C27H28N8O2. The van der Waals surface area contributed by atoms with Gasteiger partial charge < -0.3 is 20.7 Å². The fraction of sp³-hybridized carbons (Fsp3) is 0.296. The van der Waals surface area contributed by atoms with Gasteiger partial charge in [0.25, 0.3) is 5.91 Å². The summed E-state index contributed by atoms with van der Waals surface area (Å²) < 4.78 is 7.04. The number of benzene rings is 1. The van der Waals surface area contributed by atoms with Crippen LogP contribution in [0.4, 0.5) is 11.5 Å². The highest BCUT2D eigenvalue weighted by Gasteiger charge is 2.37. The third-order valence-corrected chi connectivity index (χ3v) is 6.96. The second-order valence-corrected chi connectivity index (χ2v) is 9.87. The van der Waals surface area contributed by atoms with Gasteiger partial charge >= 0.3 is 0 Å². The van der Waals surface area contributed by atoms with Crippen molar-refractivity contribution in [2.24, 2.45) is 11.1 Å². The average Bonchev–Trinajstić information content (AvgIpc) is 3.34. The first-order valence-corrected chi connectivity index (χ1v) is 12.0. The van der Waals surface area contributed by atoms with Crippen LogP contribution < -0.4 is 20.7 Å². The monoisotopic (exact) mass is 496 g/mol. The summed E-state index contributed by atoms with van der Waals surface area (Å²) in [5.41, 5.74) is 9.64. The van der Waals surface area contributed by atoms with Gasteiger partial charge in [-0.15, -0.1) is 10.2 Å². The Morgan fingerprint density at radius 3 is 2.59 bits per heavy atom. The van der Waals surface area contributed by atoms with Gasteiger partial charge in [-0.25, -0.2) is 4.52 Å². The topological polar surface area (TPSA) is 134 Å². The summed E-state index contributed by atoms with van der Waals surface area (Å²) in [4.78, 5) is 14.5. The maximum atomic E-state index is 12.4. The van der Waals surface area contributed by atoms with E-state index < -0.39 is 5.91 Å². The molecule has 1 aromatic carbocycles. The molecule has 1 aliphatic rings. The van der Waals surface area contributed by atoms with Gasteiger partial charge in [-0.3, -0.25) is 4.79 Å². The van der Waals surface area contributed by atoms with Crippen molar-refractivity contribution in [2.45, 2.75) is 26.3 Å². The normalized spacial score (nSPS) is 16.8. The zero-order valence-corrected chi connectivity index (χ0v) is 21.0. The van der Waals surface area contributed by atoms with Crippen LogP contribution in [-0.2, 0) is 0 Å². The van der Waals surface area contributed by atoms with Crippen LogP contribution in [0.25, 0.3) is 16.6 Å². The smallest absolute Gasteiger partial charge is 0.252 e. The minimum absolute atomic E-state index is 0.0544. The molecule has 4 heterocycles. The maximum Gasteiger partial charge on any atom is 0.252 e. The van der Waals surface area contributed by atoms with Crippen LogP contribution in [0, 0.1) is 16.7 Å². The molecule has 37 heavy (non-hydrogen) atoms. The SMILES string of the molecule is COc1ccc(-c2cc3c(NC4CCN(c5ccc(C#N)nn5)CC4(C)C)c(C(N)=O)cnn3c2)cc1. The number of fused-ring (bicyclic) bond motifs is 1. The number of rotatable bonds is 6. The van der Waals surface area contributed by atoms with Crippen LogP contribution in [-0.4, -0.2) is 52.0 Å². The van der Waals surface area contributed by atoms with Gasteiger partial charge in [0.2, 0.25) is 0 Å². The largest absolute Gasteiger partial charge is 0.497 e. The molecule has 4 aromatic rings. The van der Waals surface area contributed by atoms with Crippen molar-refractivity contribution in [3.05, 3.63) is 66.1 Å². The van der Waals surface area contributed by atoms with Gasteiger partial charge in [-0.2, -0.15) is 10.4 Å². The van der Waals surface area contributed by atoms with Gasteiger partial charge in [-0.05, 0) is 42.3 Å². The molecule has 0 aliphatic carbocycles. The van der Waals surface area contributed by atoms with Crippen LogP contribution in [0.3, 0.4) is 0 Å². The fourth-order valence-electron chi connectivity index (χ4n) is 4.88. The number of piperidine rings is 1. The summed E-state index contributed by atoms with van der Waals surface area (Å²) in [6.45, 7) is 5.82. The minimum atomic E-state index is -0.534. The van der Waals surface area contributed by atoms with Crippen molar-refractivity contribution in [1.82, 2.24) is 19.8 Å². The number of nitriles is 1. The zero-order valence-electron chi connectivity index (χ0n) is 21.0. The second-order valence-electron chi connectivity index (χ2n) is 9.87. The Balaban J connectivity index is 1.45. The van der Waals surface area contributed by atoms with E-state index in [4.69, 9.17) is 15.7 Å². The number of nitrogens with two attached hydrogens (primary N) is 1. The molecule has 1 aliphatic heterocycles. The Morgan fingerprint density at radius 2 is 1.97 bits per heavy atom. The van der Waals surface area contributed by atoms with Crippen molar-refractivity contribution in [1.29, 1.82) is 5.26 Å². The van der Waals surface area contributed by atoms with Crippen LogP contribution in [0.15, 0.2) is 54.9 Å². The molecule has 1 saturated heterocycles. The Labute approximate surface area is 214 Å². The van der Waals surface area contributed by atoms with Crippen LogP contribution >= 0.6 is 0 Å². The van der Waals surface area contributed by atoms with Crippen LogP contribution in [0.1, 0.15) is 36.3 Å². The van der Waals surface area contributed by atoms with E-state index in [0.717, 1.165) is 47.7 Å². The molecule has 10 heteroatoms. The van der Waals surface area contributed by atoms with Gasteiger partial charge in [0.1, 0.15) is 11.8 Å². The quantitative estimate of drug-likeness (QED) is 0.414. The number of carbonyl (C=O) groups excluding carboxylic acids is 1. The lowest BCUT2D eigenvalue weighted by Gasteiger charge is -2.45. The van der Waals surface area contributed by atoms with E-state index in [0.29, 0.717) is 16.9 Å². The summed E-state index contributed by atoms with van der Waals surface area (Å²) in [5.74, 6) is 0.989. The van der Waals surface area contributed by atoms with Gasteiger partial charge in [0.05, 0.1) is 30.1 Å². The number of methoxy groups -OCH3 is 1. The van der Waals surface area contributed by atoms with Crippen molar-refractivity contribution in [2.75, 3.05) is 30.4 Å². The molecular weight excluding hydrogens is 468 g/mol. The van der Waals surface area contributed by atoms with E-state index in [1.807, 2.05) is 48.7 Å². The molecule has 1 fully saturated rings. The number of carbonyl (C=O) groups is 1. The van der Waals surface area contributed by atoms with E-state index in [1.54, 1.807) is 17.7 Å². The highest BCUT2D eigenvalue weighted by Crippen LogP contribution is 2.36. The first kappa shape index (κ1) is 24.1. The number of nitrogens with zero attached hydrogens (tertiary/aromatic N) is 6. The number of hydrogen-bond acceptors (Lipinski definition) is 8. The molecule has 1 amide bonds. The Kier molecular flexibility index (Phi) is 6.13. The van der Waals surface area contributed by atoms with E-state index in [9.17, 15) is 4.79 Å². The highest BCUT2D eigenvalue weighted by molar-refractivity contribution is 6.02. The molecule has 3 N–H and O–H groups in total. The summed E-state index contributed by atoms with van der Waals surface area (Å²) in [6, 6.07) is 15.4. The number of nitrogens with one attached hydrogen (secondary N) is 1. The lowest BCUT2D eigenvalue weighted by molar-refractivity contribution is 0.100. The van der Waals surface area contributed by atoms with Crippen molar-refractivity contribution >= 4 is 22.9 Å². The summed E-state index contributed by atoms with van der Waals surface area (Å²) >= 11 is 0. The number of amides is 1. The van der Waals surface area contributed by atoms with Crippen LogP contribution in [0.2, 0.25) is 0 Å². The molecule has 0 saturated carbocycles. The summed E-state index contributed by atoms with van der Waals surface area (Å²) in [6.07, 6.45) is 4.25. The maximum absolute atomic E-state index is 12.4. The molecule has 1 unspecified atom stereocenters. The predicted molar refractivity (Wildman–Crippen MR) is 140 cm³/mol. The third kappa shape index (κ3) is 4.63. The molecule has 3 aromatic heterocycles. The third-order valence-electron chi connectivity index (χ3n) is 6.96. The van der Waals surface area contributed by atoms with Crippen LogP contribution in [0.5, 0.6) is 5.75 Å². The van der Waals surface area contributed by atoms with E-state index in [2.05, 4.69) is 39.4 Å². The lowest BCUT2D eigenvalue weighted by atomic mass is 9.78. The highest BCUT2D eigenvalue weighted by atomic mass is 16.5. The van der Waals surface area contributed by atoms with E-state index in [-0.39, 0.29) is 11.5 Å². The average molecular weight is 497 g/mol. The first-order chi connectivity index (χ1) is 17.8. The molecule has 0 bridgehead atoms. The molecule has 188 valence electrons. The summed E-state index contributed by atoms with van der Waals surface area (Å²) in [7, 11) is 1.64. The van der Waals surface area contributed by atoms with Crippen molar-refractivity contribution in [3.63, 3.8) is 0 Å². The number of anilines is 2. The molecule has 0 radical (unpaired) electrons. The van der Waals surface area contributed by atoms with E-state index in [1.165, 1.54) is 6.20 Å². The Bertz CT molecular complexity index is 1490. The van der Waals surface area contributed by atoms with Crippen molar-refractivity contribution < 1.29 is 9.53 Å². The minimum Gasteiger partial charge on any atom is -0.497 e. The molecule has 0 spiro atoms. The van der Waals surface area contributed by atoms with Gasteiger partial charge in [-0.1, -0.05) is 26.0 Å². The second kappa shape index (κ2) is 9.43. The standard InChI is InChI=1S/C27H28N8O2/c1-27(2)16-34(24-9-6-19(13-28)32-33-24)11-10-23(27)31-25-21(26(29)36)14-30-35-15-18(12-22(25)35)17-4-7-20(37-3)8-5-17/h4-9,12,14-15,23,31H,10-11,16H2,1-3H3,(H2,29,36). The summed E-state index contributed by atoms with van der Waals surface area (Å²) in [5, 5.41) is 25.3. The lowest BCUT2D eigenvalue weighted by Crippen LogP contribution is -2.52. The molecule has 1 atom stereocenters. The zero-order chi connectivity index (χ0) is 26.2. The molecule has 5 rings (SSSR count). The Morgan fingerprint density at radius 1 is 1.19 bits per heavy atom.